The number of fused-ring (bicyclic) bond motifs is 1. The molecule has 0 saturated carbocycles. The minimum atomic E-state index is -0.522. The monoisotopic (exact) mass is 542 g/mol. The Kier molecular flexibility index (Phi) is 9.19. The molecule has 2 N–H and O–H groups in total. The highest BCUT2D eigenvalue weighted by Crippen LogP contribution is 2.45. The Bertz CT molecular complexity index is 1150. The molecule has 1 amide bonds. The molecule has 2 heterocycles. The molecule has 2 aromatic rings. The van der Waals surface area contributed by atoms with Crippen molar-refractivity contribution in [2.24, 2.45) is 0 Å². The molecule has 0 spiro atoms. The summed E-state index contributed by atoms with van der Waals surface area (Å²) in [5.74, 6) is -0.701. The average molecular weight is 543 g/mol. The average Bonchev–Trinajstić information content (AvgIpc) is 3.15. The van der Waals surface area contributed by atoms with Crippen molar-refractivity contribution in [3.05, 3.63) is 45.8 Å². The topological polar surface area (TPSA) is 85.9 Å². The van der Waals surface area contributed by atoms with Crippen LogP contribution in [0.1, 0.15) is 107 Å². The van der Waals surface area contributed by atoms with Crippen LogP contribution in [0.15, 0.2) is 24.3 Å². The molecule has 38 heavy (non-hydrogen) atoms. The van der Waals surface area contributed by atoms with E-state index < -0.39 is 13.1 Å². The van der Waals surface area contributed by atoms with Gasteiger partial charge in [0, 0.05) is 33.7 Å². The Morgan fingerprint density at radius 1 is 1.13 bits per heavy atom. The number of hydrogen-bond donors (Lipinski definition) is 2. The number of carbonyl (C=O) groups is 2. The molecule has 0 radical (unpaired) electrons. The van der Waals surface area contributed by atoms with Crippen LogP contribution < -0.4 is 16.1 Å². The molecule has 0 aliphatic carbocycles. The molecule has 0 fully saturated rings. The minimum Gasteiger partial charge on any atom is -0.459 e. The van der Waals surface area contributed by atoms with Crippen LogP contribution in [0.4, 0.5) is 5.00 Å². The Morgan fingerprint density at radius 3 is 2.32 bits per heavy atom. The summed E-state index contributed by atoms with van der Waals surface area (Å²) in [5.41, 5.74) is 1.80. The van der Waals surface area contributed by atoms with Gasteiger partial charge in [0.2, 0.25) is 0 Å². The van der Waals surface area contributed by atoms with Gasteiger partial charge in [-0.2, -0.15) is 0 Å². The maximum atomic E-state index is 13.4. The molecule has 1 aromatic heterocycles. The zero-order valence-electron chi connectivity index (χ0n) is 24.5. The van der Waals surface area contributed by atoms with Gasteiger partial charge in [-0.25, -0.2) is 4.79 Å². The van der Waals surface area contributed by atoms with E-state index in [2.05, 4.69) is 45.3 Å². The number of carbonyl (C=O) groups excluding carboxylic acids is 2. The van der Waals surface area contributed by atoms with Crippen LogP contribution in [0.3, 0.4) is 0 Å². The van der Waals surface area contributed by atoms with Crippen LogP contribution in [-0.2, 0) is 26.0 Å². The van der Waals surface area contributed by atoms with E-state index in [0.29, 0.717) is 29.2 Å². The van der Waals surface area contributed by atoms with Gasteiger partial charge < -0.3 is 24.7 Å². The summed E-state index contributed by atoms with van der Waals surface area (Å²) in [7, 11) is -0.522. The maximum Gasteiger partial charge on any atom is 0.494 e. The van der Waals surface area contributed by atoms with Gasteiger partial charge in [0.05, 0.1) is 11.7 Å². The fraction of sp³-hybridized carbons (Fsp3) is 0.586. The lowest BCUT2D eigenvalue weighted by Gasteiger charge is -2.42. The molecule has 9 heteroatoms. The van der Waals surface area contributed by atoms with E-state index in [1.54, 1.807) is 12.1 Å². The van der Waals surface area contributed by atoms with Crippen LogP contribution in [0.2, 0.25) is 0 Å². The van der Waals surface area contributed by atoms with Gasteiger partial charge in [-0.3, -0.25) is 4.79 Å². The van der Waals surface area contributed by atoms with E-state index >= 15 is 0 Å². The van der Waals surface area contributed by atoms with Gasteiger partial charge in [0.25, 0.3) is 5.91 Å². The van der Waals surface area contributed by atoms with Crippen molar-refractivity contribution in [1.82, 2.24) is 5.32 Å². The largest absolute Gasteiger partial charge is 0.494 e. The normalized spacial score (nSPS) is 16.2. The number of benzene rings is 1. The highest BCUT2D eigenvalue weighted by Gasteiger charge is 2.42. The SMILES string of the molecule is CCOB(OC(C)(C)CC)c1ccc(C(=O)Nc2sc3c(c2C(=O)OC(C)C)CC(C)(C)NC3(C)C)cc1. The molecule has 1 aliphatic rings. The van der Waals surface area contributed by atoms with E-state index in [0.717, 1.165) is 22.3 Å². The fourth-order valence-electron chi connectivity index (χ4n) is 4.79. The van der Waals surface area contributed by atoms with E-state index in [4.69, 9.17) is 14.0 Å². The van der Waals surface area contributed by atoms with Crippen molar-refractivity contribution in [2.45, 2.75) is 105 Å². The summed E-state index contributed by atoms with van der Waals surface area (Å²) in [4.78, 5) is 27.6. The first-order valence-corrected chi connectivity index (χ1v) is 14.3. The van der Waals surface area contributed by atoms with Crippen molar-refractivity contribution in [1.29, 1.82) is 0 Å². The molecule has 7 nitrogen and oxygen atoms in total. The summed E-state index contributed by atoms with van der Waals surface area (Å²) in [5, 5.41) is 7.19. The fourth-order valence-corrected chi connectivity index (χ4v) is 6.05. The quantitative estimate of drug-likeness (QED) is 0.298. The van der Waals surface area contributed by atoms with Gasteiger partial charge in [-0.05, 0) is 98.3 Å². The van der Waals surface area contributed by atoms with Gasteiger partial charge in [0.1, 0.15) is 5.00 Å². The zero-order chi connectivity index (χ0) is 28.5. The zero-order valence-corrected chi connectivity index (χ0v) is 25.4. The number of esters is 1. The third-order valence-electron chi connectivity index (χ3n) is 6.66. The van der Waals surface area contributed by atoms with E-state index in [-0.39, 0.29) is 28.7 Å². The molecule has 1 aliphatic heterocycles. The van der Waals surface area contributed by atoms with E-state index in [9.17, 15) is 9.59 Å². The molecule has 208 valence electrons. The molecular formula is C29H43BN2O5S. The van der Waals surface area contributed by atoms with Crippen LogP contribution in [0, 0.1) is 0 Å². The second-order valence-electron chi connectivity index (χ2n) is 12.0. The maximum absolute atomic E-state index is 13.4. The molecule has 3 rings (SSSR count). The van der Waals surface area contributed by atoms with Crippen LogP contribution >= 0.6 is 11.3 Å². The van der Waals surface area contributed by atoms with Gasteiger partial charge in [0.15, 0.2) is 0 Å². The van der Waals surface area contributed by atoms with Crippen LogP contribution in [0.5, 0.6) is 0 Å². The number of nitrogens with one attached hydrogen (secondary N) is 2. The minimum absolute atomic E-state index is 0.215. The second-order valence-corrected chi connectivity index (χ2v) is 13.0. The van der Waals surface area contributed by atoms with E-state index in [1.807, 2.05) is 46.8 Å². The molecule has 0 bridgehead atoms. The van der Waals surface area contributed by atoms with Crippen LogP contribution in [0.25, 0.3) is 0 Å². The Hall–Kier alpha value is -2.20. The third-order valence-corrected chi connectivity index (χ3v) is 8.13. The number of ether oxygens (including phenoxy) is 1. The number of hydrogen-bond acceptors (Lipinski definition) is 7. The standard InChI is InChI=1S/C29H43BN2O5S/c1-11-28(7,8)37-30(35-12-2)20-15-13-19(14-16-20)24(33)31-25-22(26(34)36-18(3)4)21-17-27(5,6)32-29(9,10)23(21)38-25/h13-16,18,32H,11-12,17H2,1-10H3,(H,31,33). The lowest BCUT2D eigenvalue weighted by atomic mass is 9.77. The molecular weight excluding hydrogens is 499 g/mol. The molecule has 0 saturated heterocycles. The van der Waals surface area contributed by atoms with Gasteiger partial charge in [-0.15, -0.1) is 11.3 Å². The number of rotatable bonds is 10. The second kappa shape index (κ2) is 11.5. The third kappa shape index (κ3) is 7.06. The predicted molar refractivity (Wildman–Crippen MR) is 156 cm³/mol. The van der Waals surface area contributed by atoms with Crippen molar-refractivity contribution in [3.63, 3.8) is 0 Å². The number of amides is 1. The van der Waals surface area contributed by atoms with Crippen molar-refractivity contribution in [3.8, 4) is 0 Å². The molecule has 1 aromatic carbocycles. The predicted octanol–water partition coefficient (Wildman–Crippen LogP) is 5.66. The van der Waals surface area contributed by atoms with Crippen molar-refractivity contribution in [2.75, 3.05) is 11.9 Å². The summed E-state index contributed by atoms with van der Waals surface area (Å²) in [6.45, 7) is 20.7. The Balaban J connectivity index is 1.92. The number of thiophene rings is 1. The lowest BCUT2D eigenvalue weighted by Crippen LogP contribution is -2.55. The Labute approximate surface area is 232 Å². The summed E-state index contributed by atoms with van der Waals surface area (Å²) < 4.78 is 17.6. The highest BCUT2D eigenvalue weighted by atomic mass is 32.1. The van der Waals surface area contributed by atoms with Crippen molar-refractivity contribution < 1.29 is 23.6 Å². The van der Waals surface area contributed by atoms with Gasteiger partial charge in [-0.1, -0.05) is 19.1 Å². The van der Waals surface area contributed by atoms with Gasteiger partial charge >= 0.3 is 13.1 Å². The van der Waals surface area contributed by atoms with Crippen molar-refractivity contribution >= 4 is 40.8 Å². The first-order chi connectivity index (χ1) is 17.6. The summed E-state index contributed by atoms with van der Waals surface area (Å²) in [6.07, 6.45) is 1.23. The first kappa shape index (κ1) is 30.3. The number of anilines is 1. The smallest absolute Gasteiger partial charge is 0.459 e. The lowest BCUT2D eigenvalue weighted by molar-refractivity contribution is 0.0377. The molecule has 0 atom stereocenters. The Morgan fingerprint density at radius 2 is 1.76 bits per heavy atom. The van der Waals surface area contributed by atoms with E-state index in [1.165, 1.54) is 11.3 Å². The first-order valence-electron chi connectivity index (χ1n) is 13.5. The highest BCUT2D eigenvalue weighted by molar-refractivity contribution is 7.17. The molecule has 0 unspecified atom stereocenters. The summed E-state index contributed by atoms with van der Waals surface area (Å²) in [6, 6.07) is 7.22. The van der Waals surface area contributed by atoms with Crippen LogP contribution in [-0.4, -0.2) is 42.8 Å². The summed E-state index contributed by atoms with van der Waals surface area (Å²) >= 11 is 1.44.